The molecule has 0 radical (unpaired) electrons. The zero-order valence-corrected chi connectivity index (χ0v) is 15.8. The number of aromatic nitrogens is 1. The predicted octanol–water partition coefficient (Wildman–Crippen LogP) is 3.19. The van der Waals surface area contributed by atoms with Gasteiger partial charge in [-0.05, 0) is 37.2 Å². The van der Waals surface area contributed by atoms with Crippen LogP contribution in [0.4, 0.5) is 0 Å². The molecular weight excluding hydrogens is 342 g/mol. The molecule has 2 aromatic rings. The second-order valence-corrected chi connectivity index (χ2v) is 7.13. The van der Waals surface area contributed by atoms with E-state index in [1.807, 2.05) is 37.3 Å². The molecule has 6 heteroatoms. The van der Waals surface area contributed by atoms with Crippen LogP contribution >= 0.6 is 0 Å². The lowest BCUT2D eigenvalue weighted by molar-refractivity contribution is -0.132. The van der Waals surface area contributed by atoms with Gasteiger partial charge in [-0.3, -0.25) is 9.59 Å². The highest BCUT2D eigenvalue weighted by Crippen LogP contribution is 2.27. The molecule has 0 unspecified atom stereocenters. The molecule has 1 aliphatic carbocycles. The summed E-state index contributed by atoms with van der Waals surface area (Å²) in [4.78, 5) is 26.5. The van der Waals surface area contributed by atoms with Crippen LogP contribution in [0.1, 0.15) is 54.4 Å². The molecule has 6 nitrogen and oxygen atoms in total. The van der Waals surface area contributed by atoms with E-state index in [-0.39, 0.29) is 17.5 Å². The number of rotatable bonds is 10. The molecule has 1 heterocycles. The van der Waals surface area contributed by atoms with Crippen LogP contribution in [0.15, 0.2) is 40.9 Å². The first-order valence-electron chi connectivity index (χ1n) is 9.71. The third kappa shape index (κ3) is 5.94. The molecule has 0 aliphatic heterocycles. The lowest BCUT2D eigenvalue weighted by atomic mass is 10.1. The fraction of sp³-hybridized carbons (Fsp3) is 0.476. The van der Waals surface area contributed by atoms with E-state index >= 15 is 0 Å². The second kappa shape index (κ2) is 9.35. The average molecular weight is 369 g/mol. The van der Waals surface area contributed by atoms with E-state index in [0.29, 0.717) is 44.2 Å². The fourth-order valence-electron chi connectivity index (χ4n) is 2.95. The zero-order chi connectivity index (χ0) is 19.1. The topological polar surface area (TPSA) is 75.4 Å². The maximum atomic E-state index is 12.6. The number of nitrogens with one attached hydrogen (secondary N) is 1. The van der Waals surface area contributed by atoms with Gasteiger partial charge in [0.05, 0.1) is 6.54 Å². The Kier molecular flexibility index (Phi) is 6.63. The van der Waals surface area contributed by atoms with Crippen LogP contribution < -0.4 is 5.32 Å². The van der Waals surface area contributed by atoms with Gasteiger partial charge in [0.25, 0.3) is 5.91 Å². The van der Waals surface area contributed by atoms with Crippen molar-refractivity contribution in [3.05, 3.63) is 53.4 Å². The Morgan fingerprint density at radius 2 is 2.04 bits per heavy atom. The Morgan fingerprint density at radius 1 is 1.26 bits per heavy atom. The summed E-state index contributed by atoms with van der Waals surface area (Å²) in [6.07, 6.45) is 4.39. The number of hydrogen-bond donors (Lipinski definition) is 1. The van der Waals surface area contributed by atoms with Crippen molar-refractivity contribution < 1.29 is 14.1 Å². The molecule has 0 bridgehead atoms. The molecule has 2 amide bonds. The van der Waals surface area contributed by atoms with Crippen LogP contribution in [0.25, 0.3) is 0 Å². The van der Waals surface area contributed by atoms with Gasteiger partial charge in [0.1, 0.15) is 0 Å². The highest BCUT2D eigenvalue weighted by Gasteiger charge is 2.23. The molecule has 1 aromatic carbocycles. The van der Waals surface area contributed by atoms with Gasteiger partial charge in [0.2, 0.25) is 5.91 Å². The number of aryl methyl sites for hydroxylation is 1. The van der Waals surface area contributed by atoms with Gasteiger partial charge in [-0.2, -0.15) is 0 Å². The van der Waals surface area contributed by atoms with E-state index in [1.54, 1.807) is 11.0 Å². The van der Waals surface area contributed by atoms with Crippen LogP contribution in [0.3, 0.4) is 0 Å². The third-order valence-electron chi connectivity index (χ3n) is 4.70. The second-order valence-electron chi connectivity index (χ2n) is 7.13. The van der Waals surface area contributed by atoms with E-state index < -0.39 is 0 Å². The van der Waals surface area contributed by atoms with E-state index in [4.69, 9.17) is 4.52 Å². The summed E-state index contributed by atoms with van der Waals surface area (Å²) in [7, 11) is 0. The highest BCUT2D eigenvalue weighted by molar-refractivity contribution is 5.92. The Morgan fingerprint density at radius 3 is 2.74 bits per heavy atom. The van der Waals surface area contributed by atoms with Crippen molar-refractivity contribution in [3.63, 3.8) is 0 Å². The summed E-state index contributed by atoms with van der Waals surface area (Å²) in [5.41, 5.74) is 1.43. The Hall–Kier alpha value is -2.63. The minimum absolute atomic E-state index is 0.0804. The summed E-state index contributed by atoms with van der Waals surface area (Å²) in [6.45, 7) is 3.72. The molecule has 3 rings (SSSR count). The van der Waals surface area contributed by atoms with Crippen LogP contribution in [-0.2, 0) is 17.8 Å². The van der Waals surface area contributed by atoms with Crippen LogP contribution in [0.2, 0.25) is 0 Å². The number of nitrogens with zero attached hydrogens (tertiary/aromatic N) is 2. The normalized spacial score (nSPS) is 13.4. The molecular formula is C21H27N3O3. The van der Waals surface area contributed by atoms with E-state index in [1.165, 1.54) is 12.8 Å². The van der Waals surface area contributed by atoms with Gasteiger partial charge >= 0.3 is 0 Å². The molecule has 1 saturated carbocycles. The Balaban J connectivity index is 1.53. The minimum atomic E-state index is -0.214. The molecule has 0 spiro atoms. The smallest absolute Gasteiger partial charge is 0.273 e. The monoisotopic (exact) mass is 369 g/mol. The van der Waals surface area contributed by atoms with Gasteiger partial charge in [0, 0.05) is 25.6 Å². The average Bonchev–Trinajstić information content (AvgIpc) is 3.41. The van der Waals surface area contributed by atoms with Crippen molar-refractivity contribution in [2.45, 2.75) is 45.6 Å². The first-order chi connectivity index (χ1) is 13.2. The van der Waals surface area contributed by atoms with Gasteiger partial charge in [-0.25, -0.2) is 0 Å². The molecule has 1 aromatic heterocycles. The molecule has 1 aliphatic rings. The van der Waals surface area contributed by atoms with Crippen molar-refractivity contribution >= 4 is 11.8 Å². The summed E-state index contributed by atoms with van der Waals surface area (Å²) in [5.74, 6) is 1.02. The largest absolute Gasteiger partial charge is 0.359 e. The van der Waals surface area contributed by atoms with Crippen molar-refractivity contribution in [2.75, 3.05) is 13.1 Å². The number of benzene rings is 1. The van der Waals surface area contributed by atoms with E-state index in [2.05, 4.69) is 10.5 Å². The minimum Gasteiger partial charge on any atom is -0.359 e. The van der Waals surface area contributed by atoms with Crippen LogP contribution in [0.5, 0.6) is 0 Å². The van der Waals surface area contributed by atoms with Gasteiger partial charge in [0.15, 0.2) is 11.5 Å². The maximum Gasteiger partial charge on any atom is 0.273 e. The molecule has 27 heavy (non-hydrogen) atoms. The predicted molar refractivity (Wildman–Crippen MR) is 102 cm³/mol. The van der Waals surface area contributed by atoms with Crippen LogP contribution in [0, 0.1) is 5.92 Å². The molecule has 1 N–H and O–H groups in total. The summed E-state index contributed by atoms with van der Waals surface area (Å²) < 4.78 is 5.29. The van der Waals surface area contributed by atoms with Crippen molar-refractivity contribution in [1.29, 1.82) is 0 Å². The van der Waals surface area contributed by atoms with Crippen molar-refractivity contribution in [1.82, 2.24) is 15.4 Å². The van der Waals surface area contributed by atoms with Crippen molar-refractivity contribution in [3.8, 4) is 0 Å². The molecule has 0 saturated heterocycles. The molecule has 0 atom stereocenters. The maximum absolute atomic E-state index is 12.6. The lowest BCUT2D eigenvalue weighted by Crippen LogP contribution is -2.31. The SMILES string of the molecule is CCCN(Cc1cc(C(=O)NCC2CC2)no1)C(=O)CCc1ccccc1. The van der Waals surface area contributed by atoms with E-state index in [0.717, 1.165) is 12.0 Å². The quantitative estimate of drug-likeness (QED) is 0.698. The number of carbonyl (C=O) groups is 2. The third-order valence-corrected chi connectivity index (χ3v) is 4.70. The van der Waals surface area contributed by atoms with Gasteiger partial charge in [-0.1, -0.05) is 42.4 Å². The number of carbonyl (C=O) groups excluding carboxylic acids is 2. The van der Waals surface area contributed by atoms with Gasteiger partial charge < -0.3 is 14.7 Å². The number of hydrogen-bond acceptors (Lipinski definition) is 4. The summed E-state index contributed by atoms with van der Waals surface area (Å²) in [5, 5.41) is 6.73. The van der Waals surface area contributed by atoms with Gasteiger partial charge in [-0.15, -0.1) is 0 Å². The first-order valence-corrected chi connectivity index (χ1v) is 9.71. The number of amides is 2. The highest BCUT2D eigenvalue weighted by atomic mass is 16.5. The Bertz CT molecular complexity index is 753. The lowest BCUT2D eigenvalue weighted by Gasteiger charge is -2.20. The first kappa shape index (κ1) is 19.1. The van der Waals surface area contributed by atoms with E-state index in [9.17, 15) is 9.59 Å². The molecule has 1 fully saturated rings. The Labute approximate surface area is 159 Å². The zero-order valence-electron chi connectivity index (χ0n) is 15.8. The summed E-state index contributed by atoms with van der Waals surface area (Å²) >= 11 is 0. The standard InChI is InChI=1S/C21H27N3O3/c1-2-12-24(20(25)11-10-16-6-4-3-5-7-16)15-18-13-19(23-27-18)21(26)22-14-17-8-9-17/h3-7,13,17H,2,8-12,14-15H2,1H3,(H,22,26). The summed E-state index contributed by atoms with van der Waals surface area (Å²) in [6, 6.07) is 11.6. The van der Waals surface area contributed by atoms with Crippen molar-refractivity contribution in [2.24, 2.45) is 5.92 Å². The molecule has 144 valence electrons. The fourth-order valence-corrected chi connectivity index (χ4v) is 2.95. The van der Waals surface area contributed by atoms with Crippen LogP contribution in [-0.4, -0.2) is 35.0 Å².